The van der Waals surface area contributed by atoms with Crippen molar-refractivity contribution in [1.82, 2.24) is 10.3 Å². The van der Waals surface area contributed by atoms with Crippen LogP contribution in [0.3, 0.4) is 0 Å². The maximum atomic E-state index is 10.1. The average Bonchev–Trinajstić information content (AvgIpc) is 2.63. The zero-order chi connectivity index (χ0) is 16.6. The lowest BCUT2D eigenvalue weighted by molar-refractivity contribution is 0.171. The SMILES string of the molecule is OC(CNCc1cccc(-c2ccncc2)c1)Cc1ccccc1. The van der Waals surface area contributed by atoms with Crippen LogP contribution in [0.5, 0.6) is 0 Å². The van der Waals surface area contributed by atoms with E-state index in [2.05, 4.69) is 34.6 Å². The Bertz CT molecular complexity index is 744. The third-order valence-electron chi connectivity index (χ3n) is 3.96. The van der Waals surface area contributed by atoms with Gasteiger partial charge < -0.3 is 10.4 Å². The van der Waals surface area contributed by atoms with Gasteiger partial charge in [-0.1, -0.05) is 48.5 Å². The van der Waals surface area contributed by atoms with Crippen molar-refractivity contribution in [1.29, 1.82) is 0 Å². The van der Waals surface area contributed by atoms with Crippen LogP contribution in [0.4, 0.5) is 0 Å². The van der Waals surface area contributed by atoms with Crippen molar-refractivity contribution in [3.05, 3.63) is 90.3 Å². The number of hydrogen-bond acceptors (Lipinski definition) is 3. The van der Waals surface area contributed by atoms with Gasteiger partial charge in [-0.05, 0) is 46.9 Å². The second-order valence-electron chi connectivity index (χ2n) is 5.91. The molecule has 0 saturated heterocycles. The van der Waals surface area contributed by atoms with Crippen LogP contribution < -0.4 is 5.32 Å². The lowest BCUT2D eigenvalue weighted by atomic mass is 10.0. The number of hydrogen-bond donors (Lipinski definition) is 2. The Labute approximate surface area is 143 Å². The molecule has 3 aromatic rings. The Morgan fingerprint density at radius 2 is 1.58 bits per heavy atom. The van der Waals surface area contributed by atoms with Crippen LogP contribution in [0, 0.1) is 0 Å². The molecule has 3 nitrogen and oxygen atoms in total. The molecule has 0 aliphatic heterocycles. The van der Waals surface area contributed by atoms with Crippen LogP contribution in [-0.2, 0) is 13.0 Å². The lowest BCUT2D eigenvalue weighted by Crippen LogP contribution is -2.28. The van der Waals surface area contributed by atoms with Crippen molar-refractivity contribution >= 4 is 0 Å². The molecule has 3 heteroatoms. The van der Waals surface area contributed by atoms with Gasteiger partial charge in [0.05, 0.1) is 6.10 Å². The summed E-state index contributed by atoms with van der Waals surface area (Å²) >= 11 is 0. The standard InChI is InChI=1S/C21H22N2O/c24-21(14-17-5-2-1-3-6-17)16-23-15-18-7-4-8-20(13-18)19-9-11-22-12-10-19/h1-13,21,23-24H,14-16H2. The molecule has 0 spiro atoms. The molecule has 0 aliphatic rings. The Hall–Kier alpha value is -2.49. The maximum absolute atomic E-state index is 10.1. The number of pyridine rings is 1. The summed E-state index contributed by atoms with van der Waals surface area (Å²) in [7, 11) is 0. The van der Waals surface area contributed by atoms with Gasteiger partial charge in [0.2, 0.25) is 0 Å². The van der Waals surface area contributed by atoms with E-state index in [1.165, 1.54) is 11.1 Å². The van der Waals surface area contributed by atoms with Crippen molar-refractivity contribution in [2.45, 2.75) is 19.1 Å². The first-order chi connectivity index (χ1) is 11.8. The molecule has 1 heterocycles. The number of benzene rings is 2. The molecule has 0 radical (unpaired) electrons. The fraction of sp³-hybridized carbons (Fsp3) is 0.190. The summed E-state index contributed by atoms with van der Waals surface area (Å²) in [5.74, 6) is 0. The van der Waals surface area contributed by atoms with Gasteiger partial charge in [0.15, 0.2) is 0 Å². The molecule has 122 valence electrons. The van der Waals surface area contributed by atoms with Gasteiger partial charge in [-0.25, -0.2) is 0 Å². The van der Waals surface area contributed by atoms with Crippen molar-refractivity contribution in [3.8, 4) is 11.1 Å². The summed E-state index contributed by atoms with van der Waals surface area (Å²) in [6, 6.07) is 22.5. The predicted molar refractivity (Wildman–Crippen MR) is 97.5 cm³/mol. The third kappa shape index (κ3) is 4.75. The molecular weight excluding hydrogens is 296 g/mol. The fourth-order valence-electron chi connectivity index (χ4n) is 2.75. The quantitative estimate of drug-likeness (QED) is 0.701. The molecule has 0 amide bonds. The van der Waals surface area contributed by atoms with E-state index >= 15 is 0 Å². The minimum Gasteiger partial charge on any atom is -0.391 e. The van der Waals surface area contributed by atoms with Crippen molar-refractivity contribution in [2.24, 2.45) is 0 Å². The second kappa shape index (κ2) is 8.39. The number of nitrogens with one attached hydrogen (secondary N) is 1. The molecule has 2 aromatic carbocycles. The monoisotopic (exact) mass is 318 g/mol. The van der Waals surface area contributed by atoms with Crippen LogP contribution in [0.15, 0.2) is 79.1 Å². The first kappa shape index (κ1) is 16.4. The Balaban J connectivity index is 1.52. The van der Waals surface area contributed by atoms with Gasteiger partial charge in [0.25, 0.3) is 0 Å². The molecule has 24 heavy (non-hydrogen) atoms. The van der Waals surface area contributed by atoms with Crippen molar-refractivity contribution in [3.63, 3.8) is 0 Å². The lowest BCUT2D eigenvalue weighted by Gasteiger charge is -2.12. The summed E-state index contributed by atoms with van der Waals surface area (Å²) in [6.07, 6.45) is 3.90. The second-order valence-corrected chi connectivity index (χ2v) is 5.91. The molecule has 0 aliphatic carbocycles. The molecule has 0 bridgehead atoms. The summed E-state index contributed by atoms with van der Waals surface area (Å²) in [4.78, 5) is 4.06. The third-order valence-corrected chi connectivity index (χ3v) is 3.96. The van der Waals surface area contributed by atoms with Crippen LogP contribution in [0.1, 0.15) is 11.1 Å². The van der Waals surface area contributed by atoms with Crippen molar-refractivity contribution in [2.75, 3.05) is 6.54 Å². The molecule has 2 N–H and O–H groups in total. The van der Waals surface area contributed by atoms with Crippen LogP contribution in [0.25, 0.3) is 11.1 Å². The van der Waals surface area contributed by atoms with E-state index in [9.17, 15) is 5.11 Å². The van der Waals surface area contributed by atoms with Gasteiger partial charge in [0.1, 0.15) is 0 Å². The highest BCUT2D eigenvalue weighted by Crippen LogP contribution is 2.19. The number of aliphatic hydroxyl groups excluding tert-OH is 1. The highest BCUT2D eigenvalue weighted by atomic mass is 16.3. The average molecular weight is 318 g/mol. The van der Waals surface area contributed by atoms with Gasteiger partial charge >= 0.3 is 0 Å². The molecule has 0 fully saturated rings. The highest BCUT2D eigenvalue weighted by Gasteiger charge is 2.05. The first-order valence-electron chi connectivity index (χ1n) is 8.23. The summed E-state index contributed by atoms with van der Waals surface area (Å²) < 4.78 is 0. The van der Waals surface area contributed by atoms with Gasteiger partial charge in [-0.2, -0.15) is 0 Å². The van der Waals surface area contributed by atoms with E-state index in [4.69, 9.17) is 0 Å². The molecule has 1 unspecified atom stereocenters. The van der Waals surface area contributed by atoms with E-state index in [0.29, 0.717) is 13.0 Å². The molecule has 0 saturated carbocycles. The zero-order valence-electron chi connectivity index (χ0n) is 13.6. The Kier molecular flexibility index (Phi) is 5.72. The minimum atomic E-state index is -0.379. The minimum absolute atomic E-state index is 0.379. The fourth-order valence-corrected chi connectivity index (χ4v) is 2.75. The highest BCUT2D eigenvalue weighted by molar-refractivity contribution is 5.63. The van der Waals surface area contributed by atoms with E-state index in [1.54, 1.807) is 12.4 Å². The van der Waals surface area contributed by atoms with E-state index < -0.39 is 0 Å². The van der Waals surface area contributed by atoms with Gasteiger partial charge in [-0.3, -0.25) is 4.98 Å². The molecule has 3 rings (SSSR count). The van der Waals surface area contributed by atoms with Crippen LogP contribution in [-0.4, -0.2) is 22.7 Å². The summed E-state index contributed by atoms with van der Waals surface area (Å²) in [5, 5.41) is 13.5. The summed E-state index contributed by atoms with van der Waals surface area (Å²) in [5.41, 5.74) is 4.71. The van der Waals surface area contributed by atoms with Crippen LogP contribution >= 0.6 is 0 Å². The van der Waals surface area contributed by atoms with Crippen LogP contribution in [0.2, 0.25) is 0 Å². The van der Waals surface area contributed by atoms with E-state index in [1.807, 2.05) is 42.5 Å². The predicted octanol–water partition coefficient (Wildman–Crippen LogP) is 3.44. The number of aromatic nitrogens is 1. The number of aliphatic hydroxyl groups is 1. The zero-order valence-corrected chi connectivity index (χ0v) is 13.6. The maximum Gasteiger partial charge on any atom is 0.0704 e. The normalized spacial score (nSPS) is 12.0. The van der Waals surface area contributed by atoms with Crippen molar-refractivity contribution < 1.29 is 5.11 Å². The number of nitrogens with zero attached hydrogens (tertiary/aromatic N) is 1. The Morgan fingerprint density at radius 3 is 2.38 bits per heavy atom. The number of rotatable bonds is 7. The molecule has 1 atom stereocenters. The van der Waals surface area contributed by atoms with Gasteiger partial charge in [0, 0.05) is 25.5 Å². The van der Waals surface area contributed by atoms with Gasteiger partial charge in [-0.15, -0.1) is 0 Å². The van der Waals surface area contributed by atoms with E-state index in [0.717, 1.165) is 17.7 Å². The van der Waals surface area contributed by atoms with E-state index in [-0.39, 0.29) is 6.10 Å². The first-order valence-corrected chi connectivity index (χ1v) is 8.23. The Morgan fingerprint density at radius 1 is 0.833 bits per heavy atom. The summed E-state index contributed by atoms with van der Waals surface area (Å²) in [6.45, 7) is 1.32. The molecular formula is C21H22N2O. The largest absolute Gasteiger partial charge is 0.391 e. The molecule has 1 aromatic heterocycles. The topological polar surface area (TPSA) is 45.1 Å². The smallest absolute Gasteiger partial charge is 0.0704 e.